The summed E-state index contributed by atoms with van der Waals surface area (Å²) in [6.45, 7) is 8.34. The Morgan fingerprint density at radius 2 is 2.04 bits per heavy atom. The molecule has 0 saturated heterocycles. The van der Waals surface area contributed by atoms with E-state index < -0.39 is 0 Å². The van der Waals surface area contributed by atoms with Gasteiger partial charge in [0.2, 0.25) is 5.95 Å². The van der Waals surface area contributed by atoms with Gasteiger partial charge in [0.15, 0.2) is 0 Å². The van der Waals surface area contributed by atoms with Crippen molar-refractivity contribution in [3.63, 3.8) is 0 Å². The molecule has 1 aromatic heterocycles. The molecule has 0 amide bonds. The van der Waals surface area contributed by atoms with Crippen molar-refractivity contribution in [1.29, 1.82) is 0 Å². The molecule has 3 rings (SSSR count). The molecule has 1 aromatic carbocycles. The quantitative estimate of drug-likeness (QED) is 0.858. The van der Waals surface area contributed by atoms with Crippen molar-refractivity contribution >= 4 is 17.5 Å². The highest BCUT2D eigenvalue weighted by atomic mass is 35.5. The van der Waals surface area contributed by atoms with Gasteiger partial charge in [-0.3, -0.25) is 9.36 Å². The molecule has 1 aliphatic heterocycles. The molecular formula is C19H25ClN4O. The van der Waals surface area contributed by atoms with Gasteiger partial charge in [-0.2, -0.15) is 0 Å². The highest BCUT2D eigenvalue weighted by Crippen LogP contribution is 2.27. The molecule has 2 aromatic rings. The number of rotatable bonds is 5. The molecule has 6 heteroatoms. The monoisotopic (exact) mass is 360 g/mol. The van der Waals surface area contributed by atoms with Crippen molar-refractivity contribution in [2.75, 3.05) is 11.9 Å². The summed E-state index contributed by atoms with van der Waals surface area (Å²) < 4.78 is 1.73. The lowest BCUT2D eigenvalue weighted by Gasteiger charge is -2.26. The topological polar surface area (TPSA) is 59.0 Å². The molecule has 134 valence electrons. The molecule has 2 heterocycles. The zero-order chi connectivity index (χ0) is 18.0. The van der Waals surface area contributed by atoms with E-state index >= 15 is 0 Å². The zero-order valence-electron chi connectivity index (χ0n) is 15.0. The maximum absolute atomic E-state index is 12.8. The van der Waals surface area contributed by atoms with Crippen LogP contribution in [0.15, 0.2) is 29.1 Å². The van der Waals surface area contributed by atoms with E-state index in [0.717, 1.165) is 34.8 Å². The molecule has 1 atom stereocenters. The van der Waals surface area contributed by atoms with Crippen LogP contribution in [-0.4, -0.2) is 16.1 Å². The lowest BCUT2D eigenvalue weighted by atomic mass is 9.96. The summed E-state index contributed by atoms with van der Waals surface area (Å²) in [5, 5.41) is 7.49. The molecule has 0 unspecified atom stereocenters. The summed E-state index contributed by atoms with van der Waals surface area (Å²) in [5.74, 6) is 0.989. The van der Waals surface area contributed by atoms with Gasteiger partial charge in [-0.1, -0.05) is 37.6 Å². The summed E-state index contributed by atoms with van der Waals surface area (Å²) in [5.41, 5.74) is 2.90. The average Bonchev–Trinajstić information content (AvgIpc) is 2.60. The first kappa shape index (κ1) is 18.0. The fourth-order valence-corrected chi connectivity index (χ4v) is 3.42. The molecule has 0 radical (unpaired) electrons. The maximum Gasteiger partial charge on any atom is 0.259 e. The van der Waals surface area contributed by atoms with E-state index in [2.05, 4.69) is 24.5 Å². The first-order valence-corrected chi connectivity index (χ1v) is 9.24. The van der Waals surface area contributed by atoms with Crippen LogP contribution in [0.1, 0.15) is 43.6 Å². The molecule has 2 N–H and O–H groups in total. The van der Waals surface area contributed by atoms with E-state index in [1.54, 1.807) is 4.57 Å². The maximum atomic E-state index is 12.8. The Bertz CT molecular complexity index is 798. The van der Waals surface area contributed by atoms with Crippen LogP contribution in [0.25, 0.3) is 0 Å². The molecule has 0 saturated carbocycles. The van der Waals surface area contributed by atoms with Crippen LogP contribution < -0.4 is 16.2 Å². The van der Waals surface area contributed by atoms with Gasteiger partial charge >= 0.3 is 0 Å². The van der Waals surface area contributed by atoms with Crippen LogP contribution in [0.3, 0.4) is 0 Å². The van der Waals surface area contributed by atoms with Crippen molar-refractivity contribution in [2.45, 2.75) is 46.3 Å². The third-order valence-electron chi connectivity index (χ3n) is 4.69. The summed E-state index contributed by atoms with van der Waals surface area (Å²) in [4.78, 5) is 17.6. The number of nitrogens with zero attached hydrogens (tertiary/aromatic N) is 2. The number of hydrogen-bond donors (Lipinski definition) is 2. The molecule has 0 aliphatic carbocycles. The molecule has 1 aliphatic rings. The second-order valence-corrected chi connectivity index (χ2v) is 7.19. The van der Waals surface area contributed by atoms with Gasteiger partial charge in [-0.15, -0.1) is 0 Å². The van der Waals surface area contributed by atoms with Crippen molar-refractivity contribution in [3.05, 3.63) is 56.5 Å². The number of aromatic nitrogens is 2. The minimum Gasteiger partial charge on any atom is -0.348 e. The fourth-order valence-electron chi connectivity index (χ4n) is 3.29. The summed E-state index contributed by atoms with van der Waals surface area (Å²) in [6.07, 6.45) is 0.789. The normalized spacial score (nSPS) is 15.1. The van der Waals surface area contributed by atoms with Gasteiger partial charge in [-0.25, -0.2) is 4.98 Å². The molecule has 0 fully saturated rings. The largest absolute Gasteiger partial charge is 0.348 e. The van der Waals surface area contributed by atoms with Gasteiger partial charge in [0.1, 0.15) is 0 Å². The predicted octanol–water partition coefficient (Wildman–Crippen LogP) is 3.37. The molecule has 5 nitrogen and oxygen atoms in total. The minimum atomic E-state index is 0.0563. The Balaban J connectivity index is 2.01. The first-order chi connectivity index (χ1) is 12.0. The van der Waals surface area contributed by atoms with E-state index in [4.69, 9.17) is 16.6 Å². The van der Waals surface area contributed by atoms with Crippen LogP contribution >= 0.6 is 11.6 Å². The number of benzene rings is 1. The van der Waals surface area contributed by atoms with Crippen LogP contribution in [0.5, 0.6) is 0 Å². The van der Waals surface area contributed by atoms with Crippen molar-refractivity contribution in [3.8, 4) is 0 Å². The van der Waals surface area contributed by atoms with Crippen molar-refractivity contribution in [2.24, 2.45) is 5.92 Å². The van der Waals surface area contributed by atoms with Crippen LogP contribution in [0.4, 0.5) is 5.95 Å². The number of anilines is 1. The second-order valence-electron chi connectivity index (χ2n) is 6.75. The standard InChI is InChI=1S/C19H25ClN4O/c1-4-24-18(25)15-11-21-10-9-16(15)22-19(24)23-17(12(2)3)13-5-7-14(20)8-6-13/h5-8,12,17,21H,4,9-11H2,1-3H3,(H,22,23)/t17-/m0/s1. The van der Waals surface area contributed by atoms with E-state index in [9.17, 15) is 4.79 Å². The summed E-state index contributed by atoms with van der Waals surface area (Å²) >= 11 is 6.02. The lowest BCUT2D eigenvalue weighted by Crippen LogP contribution is -2.36. The first-order valence-electron chi connectivity index (χ1n) is 8.86. The average molecular weight is 361 g/mol. The molecular weight excluding hydrogens is 336 g/mol. The van der Waals surface area contributed by atoms with Gasteiger partial charge < -0.3 is 10.6 Å². The third-order valence-corrected chi connectivity index (χ3v) is 4.94. The van der Waals surface area contributed by atoms with E-state index in [-0.39, 0.29) is 11.6 Å². The number of halogens is 1. The minimum absolute atomic E-state index is 0.0563. The summed E-state index contributed by atoms with van der Waals surface area (Å²) in [6, 6.07) is 7.90. The number of nitrogens with one attached hydrogen (secondary N) is 2. The lowest BCUT2D eigenvalue weighted by molar-refractivity contribution is 0.530. The van der Waals surface area contributed by atoms with E-state index in [1.807, 2.05) is 31.2 Å². The van der Waals surface area contributed by atoms with Crippen LogP contribution in [0, 0.1) is 5.92 Å². The van der Waals surface area contributed by atoms with Crippen LogP contribution in [0.2, 0.25) is 5.02 Å². The van der Waals surface area contributed by atoms with Crippen molar-refractivity contribution < 1.29 is 0 Å². The van der Waals surface area contributed by atoms with Gasteiger partial charge in [-0.05, 0) is 30.5 Å². The number of fused-ring (bicyclic) bond motifs is 1. The number of hydrogen-bond acceptors (Lipinski definition) is 4. The predicted molar refractivity (Wildman–Crippen MR) is 102 cm³/mol. The SMILES string of the molecule is CCn1c(N[C@H](c2ccc(Cl)cc2)C(C)C)nc2c(c1=O)CNCC2. The Morgan fingerprint density at radius 1 is 1.32 bits per heavy atom. The molecule has 0 spiro atoms. The fraction of sp³-hybridized carbons (Fsp3) is 0.474. The Hall–Kier alpha value is -1.85. The van der Waals surface area contributed by atoms with Crippen LogP contribution in [-0.2, 0) is 19.5 Å². The van der Waals surface area contributed by atoms with E-state index in [0.29, 0.717) is 25.0 Å². The zero-order valence-corrected chi connectivity index (χ0v) is 15.7. The Labute approximate surface area is 153 Å². The van der Waals surface area contributed by atoms with Crippen molar-refractivity contribution in [1.82, 2.24) is 14.9 Å². The summed E-state index contributed by atoms with van der Waals surface area (Å²) in [7, 11) is 0. The van der Waals surface area contributed by atoms with Gasteiger partial charge in [0, 0.05) is 31.1 Å². The second kappa shape index (κ2) is 7.58. The smallest absolute Gasteiger partial charge is 0.259 e. The molecule has 0 bridgehead atoms. The highest BCUT2D eigenvalue weighted by molar-refractivity contribution is 6.30. The van der Waals surface area contributed by atoms with E-state index in [1.165, 1.54) is 0 Å². The Morgan fingerprint density at radius 3 is 2.68 bits per heavy atom. The van der Waals surface area contributed by atoms with Gasteiger partial charge in [0.25, 0.3) is 5.56 Å². The molecule has 25 heavy (non-hydrogen) atoms. The third kappa shape index (κ3) is 3.72. The van der Waals surface area contributed by atoms with Gasteiger partial charge in [0.05, 0.1) is 17.3 Å². The Kier molecular flexibility index (Phi) is 5.45. The highest BCUT2D eigenvalue weighted by Gasteiger charge is 2.22.